The number of carboxylic acids is 1. The van der Waals surface area contributed by atoms with Crippen LogP contribution in [0.3, 0.4) is 0 Å². The van der Waals surface area contributed by atoms with Crippen molar-refractivity contribution in [3.63, 3.8) is 0 Å². The largest absolute Gasteiger partial charge is 0.478 e. The van der Waals surface area contributed by atoms with Gasteiger partial charge < -0.3 is 10.4 Å². The van der Waals surface area contributed by atoms with Crippen LogP contribution < -0.4 is 5.32 Å². The lowest BCUT2D eigenvalue weighted by atomic mass is 10.0. The van der Waals surface area contributed by atoms with Gasteiger partial charge in [-0.25, -0.2) is 4.79 Å². The predicted octanol–water partition coefficient (Wildman–Crippen LogP) is 2.84. The predicted molar refractivity (Wildman–Crippen MR) is 80.1 cm³/mol. The average molecular weight is 279 g/mol. The Balaban J connectivity index is 1.95. The van der Waals surface area contributed by atoms with E-state index in [4.69, 9.17) is 5.11 Å². The fraction of sp³-hybridized carbons (Fsp3) is 0.0588. The molecule has 0 atom stereocenters. The van der Waals surface area contributed by atoms with Gasteiger partial charge in [0.2, 0.25) is 5.91 Å². The number of fused-ring (bicyclic) bond motifs is 3. The quantitative estimate of drug-likeness (QED) is 0.724. The second-order valence-corrected chi connectivity index (χ2v) is 4.83. The van der Waals surface area contributed by atoms with Crippen LogP contribution in [-0.2, 0) is 16.0 Å². The molecule has 0 spiro atoms. The molecule has 1 aliphatic carbocycles. The van der Waals surface area contributed by atoms with E-state index < -0.39 is 11.9 Å². The van der Waals surface area contributed by atoms with Gasteiger partial charge in [-0.3, -0.25) is 4.79 Å². The number of anilines is 1. The van der Waals surface area contributed by atoms with E-state index in [0.29, 0.717) is 5.69 Å². The monoisotopic (exact) mass is 279 g/mol. The Labute approximate surface area is 121 Å². The number of benzene rings is 2. The molecular formula is C17H13NO3. The minimum absolute atomic E-state index is 0.449. The highest BCUT2D eigenvalue weighted by Crippen LogP contribution is 2.41. The van der Waals surface area contributed by atoms with E-state index in [1.54, 1.807) is 0 Å². The number of hydrogen-bond donors (Lipinski definition) is 2. The fourth-order valence-electron chi connectivity index (χ4n) is 2.61. The molecule has 0 aliphatic heterocycles. The third-order valence-electron chi connectivity index (χ3n) is 3.45. The van der Waals surface area contributed by atoms with Crippen LogP contribution in [-0.4, -0.2) is 17.0 Å². The van der Waals surface area contributed by atoms with Gasteiger partial charge in [0.1, 0.15) is 0 Å². The molecule has 0 bridgehead atoms. The zero-order chi connectivity index (χ0) is 14.8. The van der Waals surface area contributed by atoms with Gasteiger partial charge in [-0.1, -0.05) is 36.4 Å². The van der Waals surface area contributed by atoms with Crippen molar-refractivity contribution in [1.29, 1.82) is 0 Å². The van der Waals surface area contributed by atoms with Crippen molar-refractivity contribution in [1.82, 2.24) is 0 Å². The molecule has 0 saturated heterocycles. The summed E-state index contributed by atoms with van der Waals surface area (Å²) in [6.45, 7) is 0. The van der Waals surface area contributed by atoms with Crippen molar-refractivity contribution in [2.75, 3.05) is 5.32 Å². The molecule has 0 unspecified atom stereocenters. The van der Waals surface area contributed by atoms with E-state index in [1.165, 1.54) is 5.56 Å². The van der Waals surface area contributed by atoms with Gasteiger partial charge in [0.05, 0.1) is 0 Å². The molecule has 2 aromatic rings. The maximum Gasteiger partial charge on any atom is 0.328 e. The number of carboxylic acid groups (broad SMARTS) is 1. The van der Waals surface area contributed by atoms with Gasteiger partial charge in [0.15, 0.2) is 0 Å². The summed E-state index contributed by atoms with van der Waals surface area (Å²) in [6.07, 6.45) is 2.69. The average Bonchev–Trinajstić information content (AvgIpc) is 2.84. The van der Waals surface area contributed by atoms with Gasteiger partial charge in [0.25, 0.3) is 0 Å². The van der Waals surface area contributed by atoms with Crippen LogP contribution in [0.15, 0.2) is 54.6 Å². The molecule has 104 valence electrons. The number of carbonyl (C=O) groups is 2. The Kier molecular flexibility index (Phi) is 3.28. The van der Waals surface area contributed by atoms with Crippen molar-refractivity contribution >= 4 is 17.6 Å². The highest BCUT2D eigenvalue weighted by molar-refractivity contribution is 6.05. The first kappa shape index (κ1) is 13.1. The smallest absolute Gasteiger partial charge is 0.328 e. The third kappa shape index (κ3) is 2.56. The number of carbonyl (C=O) groups excluding carboxylic acids is 1. The Morgan fingerprint density at radius 2 is 1.76 bits per heavy atom. The first-order valence-corrected chi connectivity index (χ1v) is 6.57. The Hall–Kier alpha value is -2.88. The maximum absolute atomic E-state index is 11.8. The number of amides is 1. The molecule has 0 saturated carbocycles. The third-order valence-corrected chi connectivity index (χ3v) is 3.45. The van der Waals surface area contributed by atoms with E-state index in [9.17, 15) is 9.59 Å². The van der Waals surface area contributed by atoms with Gasteiger partial charge >= 0.3 is 5.97 Å². The normalized spacial score (nSPS) is 12.0. The lowest BCUT2D eigenvalue weighted by molar-refractivity contribution is -0.131. The second kappa shape index (κ2) is 5.25. The molecule has 2 aromatic carbocycles. The SMILES string of the molecule is O=C(O)C=CC(=O)Nc1cccc2c1-c1ccccc1C2. The van der Waals surface area contributed by atoms with E-state index in [-0.39, 0.29) is 0 Å². The summed E-state index contributed by atoms with van der Waals surface area (Å²) in [5, 5.41) is 11.3. The second-order valence-electron chi connectivity index (χ2n) is 4.83. The van der Waals surface area contributed by atoms with Crippen LogP contribution in [0.25, 0.3) is 11.1 Å². The summed E-state index contributed by atoms with van der Waals surface area (Å²) in [5.74, 6) is -1.59. The summed E-state index contributed by atoms with van der Waals surface area (Å²) in [4.78, 5) is 22.2. The van der Waals surface area contributed by atoms with E-state index in [2.05, 4.69) is 11.4 Å². The van der Waals surface area contributed by atoms with Crippen LogP contribution in [0.4, 0.5) is 5.69 Å². The molecule has 0 radical (unpaired) electrons. The minimum Gasteiger partial charge on any atom is -0.478 e. The highest BCUT2D eigenvalue weighted by Gasteiger charge is 2.21. The topological polar surface area (TPSA) is 66.4 Å². The molecule has 21 heavy (non-hydrogen) atoms. The zero-order valence-electron chi connectivity index (χ0n) is 11.2. The van der Waals surface area contributed by atoms with Crippen LogP contribution >= 0.6 is 0 Å². The van der Waals surface area contributed by atoms with Gasteiger partial charge in [0, 0.05) is 23.4 Å². The summed E-state index contributed by atoms with van der Waals surface area (Å²) in [5.41, 5.74) is 5.24. The molecule has 0 heterocycles. The van der Waals surface area contributed by atoms with Gasteiger partial charge in [-0.15, -0.1) is 0 Å². The van der Waals surface area contributed by atoms with Gasteiger partial charge in [-0.05, 0) is 29.2 Å². The molecule has 0 fully saturated rings. The number of aliphatic carboxylic acids is 1. The van der Waals surface area contributed by atoms with Crippen molar-refractivity contribution in [2.45, 2.75) is 6.42 Å². The Bertz CT molecular complexity index is 762. The standard InChI is InChI=1S/C17H13NO3/c19-15(8-9-16(20)21)18-14-7-3-5-12-10-11-4-1-2-6-13(11)17(12)14/h1-9H,10H2,(H,18,19)(H,20,21). The lowest BCUT2D eigenvalue weighted by Crippen LogP contribution is -2.09. The summed E-state index contributed by atoms with van der Waals surface area (Å²) in [7, 11) is 0. The molecule has 1 amide bonds. The van der Waals surface area contributed by atoms with Crippen molar-refractivity contribution < 1.29 is 14.7 Å². The van der Waals surface area contributed by atoms with E-state index in [0.717, 1.165) is 35.3 Å². The number of rotatable bonds is 3. The molecule has 2 N–H and O–H groups in total. The zero-order valence-corrected chi connectivity index (χ0v) is 11.2. The fourth-order valence-corrected chi connectivity index (χ4v) is 2.61. The first-order chi connectivity index (χ1) is 10.1. The van der Waals surface area contributed by atoms with E-state index in [1.807, 2.05) is 36.4 Å². The summed E-state index contributed by atoms with van der Waals surface area (Å²) in [6, 6.07) is 13.8. The Morgan fingerprint density at radius 3 is 2.57 bits per heavy atom. The molecule has 4 heteroatoms. The molecule has 4 nitrogen and oxygen atoms in total. The van der Waals surface area contributed by atoms with Gasteiger partial charge in [-0.2, -0.15) is 0 Å². The molecular weight excluding hydrogens is 266 g/mol. The molecule has 0 aromatic heterocycles. The molecule has 3 rings (SSSR count). The number of hydrogen-bond acceptors (Lipinski definition) is 2. The van der Waals surface area contributed by atoms with Crippen LogP contribution in [0.5, 0.6) is 0 Å². The van der Waals surface area contributed by atoms with Crippen LogP contribution in [0.1, 0.15) is 11.1 Å². The minimum atomic E-state index is -1.14. The Morgan fingerprint density at radius 1 is 1.00 bits per heavy atom. The first-order valence-electron chi connectivity index (χ1n) is 6.57. The maximum atomic E-state index is 11.8. The van der Waals surface area contributed by atoms with Crippen molar-refractivity contribution in [3.05, 3.63) is 65.7 Å². The van der Waals surface area contributed by atoms with Crippen molar-refractivity contribution in [3.8, 4) is 11.1 Å². The summed E-state index contributed by atoms with van der Waals surface area (Å²) < 4.78 is 0. The number of nitrogens with one attached hydrogen (secondary N) is 1. The lowest BCUT2D eigenvalue weighted by Gasteiger charge is -2.09. The van der Waals surface area contributed by atoms with Crippen LogP contribution in [0.2, 0.25) is 0 Å². The highest BCUT2D eigenvalue weighted by atomic mass is 16.4. The van der Waals surface area contributed by atoms with Crippen LogP contribution in [0, 0.1) is 0 Å². The molecule has 1 aliphatic rings. The van der Waals surface area contributed by atoms with Crippen molar-refractivity contribution in [2.24, 2.45) is 0 Å². The van der Waals surface area contributed by atoms with E-state index >= 15 is 0 Å². The summed E-state index contributed by atoms with van der Waals surface area (Å²) >= 11 is 0.